The first-order chi connectivity index (χ1) is 6.27. The number of carbonyl (C=O) groups is 1. The Morgan fingerprint density at radius 1 is 1.15 bits per heavy atom. The smallest absolute Gasteiger partial charge is 0.225 e. The van der Waals surface area contributed by atoms with E-state index in [1.165, 1.54) is 6.42 Å². The Hall–Kier alpha value is -0.0500. The normalized spacial score (nSPS) is 25.8. The number of likely N-dealkylation sites (tertiary alicyclic amines) is 1. The average Bonchev–Trinajstić information content (AvgIpc) is 2.02. The highest BCUT2D eigenvalue weighted by Gasteiger charge is 2.30. The van der Waals surface area contributed by atoms with Gasteiger partial charge in [0.15, 0.2) is 0 Å². The lowest BCUT2D eigenvalue weighted by Gasteiger charge is -2.35. The Bertz CT molecular complexity index is 195. The third kappa shape index (κ3) is 2.06. The monoisotopic (exact) mass is 245 g/mol. The zero-order valence-corrected chi connectivity index (χ0v) is 9.42. The molecular weight excluding hydrogens is 230 g/mol. The highest BCUT2D eigenvalue weighted by Crippen LogP contribution is 2.29. The van der Waals surface area contributed by atoms with Gasteiger partial charge in [-0.05, 0) is 25.7 Å². The fourth-order valence-corrected chi connectivity index (χ4v) is 2.39. The zero-order chi connectivity index (χ0) is 9.26. The molecule has 3 heteroatoms. The molecule has 1 aliphatic carbocycles. The summed E-state index contributed by atoms with van der Waals surface area (Å²) < 4.78 is 0. The summed E-state index contributed by atoms with van der Waals surface area (Å²) in [4.78, 5) is 14.5. The molecule has 0 atom stereocenters. The Morgan fingerprint density at radius 3 is 2.23 bits per heavy atom. The Labute approximate surface area is 87.8 Å². The molecule has 0 bridgehead atoms. The van der Waals surface area contributed by atoms with Crippen LogP contribution in [0.2, 0.25) is 0 Å². The molecule has 13 heavy (non-hydrogen) atoms. The zero-order valence-electron chi connectivity index (χ0n) is 7.84. The van der Waals surface area contributed by atoms with Gasteiger partial charge in [-0.2, -0.15) is 0 Å². The van der Waals surface area contributed by atoms with Gasteiger partial charge in [0.05, 0.1) is 0 Å². The van der Waals surface area contributed by atoms with Gasteiger partial charge in [-0.15, -0.1) is 0 Å². The molecule has 0 aromatic rings. The molecule has 2 rings (SSSR count). The van der Waals surface area contributed by atoms with Crippen LogP contribution in [0.15, 0.2) is 0 Å². The van der Waals surface area contributed by atoms with Crippen molar-refractivity contribution in [1.82, 2.24) is 4.90 Å². The highest BCUT2D eigenvalue weighted by atomic mass is 79.9. The van der Waals surface area contributed by atoms with Crippen LogP contribution in [0.3, 0.4) is 0 Å². The summed E-state index contributed by atoms with van der Waals surface area (Å²) in [5.41, 5.74) is 0. The van der Waals surface area contributed by atoms with Crippen molar-refractivity contribution in [2.45, 2.75) is 36.9 Å². The molecule has 74 valence electrons. The summed E-state index contributed by atoms with van der Waals surface area (Å²) in [6.07, 6.45) is 5.77. The van der Waals surface area contributed by atoms with Gasteiger partial charge in [0.25, 0.3) is 0 Å². The summed E-state index contributed by atoms with van der Waals surface area (Å²) in [5.74, 6) is 0.803. The summed E-state index contributed by atoms with van der Waals surface area (Å²) in [5, 5.41) is 0. The minimum absolute atomic E-state index is 0.381. The number of amides is 1. The van der Waals surface area contributed by atoms with Gasteiger partial charge in [-0.25, -0.2) is 0 Å². The SMILES string of the molecule is O=C(C1CCC1)N1CCC(Br)CC1. The van der Waals surface area contributed by atoms with E-state index in [2.05, 4.69) is 20.8 Å². The Balaban J connectivity index is 1.83. The Kier molecular flexibility index (Phi) is 2.92. The standard InChI is InChI=1S/C10H16BrNO/c11-9-4-6-12(7-5-9)10(13)8-2-1-3-8/h8-9H,1-7H2. The van der Waals surface area contributed by atoms with Crippen molar-refractivity contribution in [2.75, 3.05) is 13.1 Å². The van der Waals surface area contributed by atoms with E-state index in [4.69, 9.17) is 0 Å². The molecule has 0 aromatic heterocycles. The predicted octanol–water partition coefficient (Wildman–Crippen LogP) is 2.17. The number of hydrogen-bond acceptors (Lipinski definition) is 1. The molecule has 2 fully saturated rings. The van der Waals surface area contributed by atoms with Gasteiger partial charge in [0, 0.05) is 23.8 Å². The first-order valence-electron chi connectivity index (χ1n) is 5.20. The fourth-order valence-electron chi connectivity index (χ4n) is 1.98. The van der Waals surface area contributed by atoms with E-state index in [-0.39, 0.29) is 0 Å². The molecule has 0 aromatic carbocycles. The van der Waals surface area contributed by atoms with Crippen LogP contribution in [0, 0.1) is 5.92 Å². The van der Waals surface area contributed by atoms with Crippen molar-refractivity contribution in [2.24, 2.45) is 5.92 Å². The first-order valence-corrected chi connectivity index (χ1v) is 6.12. The maximum atomic E-state index is 11.8. The van der Waals surface area contributed by atoms with E-state index in [1.807, 2.05) is 0 Å². The van der Waals surface area contributed by atoms with Crippen molar-refractivity contribution in [1.29, 1.82) is 0 Å². The third-order valence-electron chi connectivity index (χ3n) is 3.19. The second-order valence-electron chi connectivity index (χ2n) is 4.13. The largest absolute Gasteiger partial charge is 0.342 e. The number of halogens is 1. The molecule has 2 aliphatic rings. The number of nitrogens with zero attached hydrogens (tertiary/aromatic N) is 1. The van der Waals surface area contributed by atoms with Crippen molar-refractivity contribution in [3.05, 3.63) is 0 Å². The quantitative estimate of drug-likeness (QED) is 0.649. The van der Waals surface area contributed by atoms with Crippen LogP contribution < -0.4 is 0 Å². The number of rotatable bonds is 1. The number of carbonyl (C=O) groups excluding carboxylic acids is 1. The lowest BCUT2D eigenvalue weighted by molar-refractivity contribution is -0.138. The number of alkyl halides is 1. The minimum atomic E-state index is 0.381. The molecule has 1 saturated carbocycles. The van der Waals surface area contributed by atoms with Crippen LogP contribution in [0.25, 0.3) is 0 Å². The van der Waals surface area contributed by atoms with Gasteiger partial charge >= 0.3 is 0 Å². The summed E-state index contributed by atoms with van der Waals surface area (Å²) >= 11 is 3.59. The lowest BCUT2D eigenvalue weighted by atomic mass is 9.84. The average molecular weight is 246 g/mol. The van der Waals surface area contributed by atoms with Crippen LogP contribution in [0.4, 0.5) is 0 Å². The van der Waals surface area contributed by atoms with Crippen LogP contribution in [0.5, 0.6) is 0 Å². The molecule has 1 saturated heterocycles. The van der Waals surface area contributed by atoms with E-state index in [9.17, 15) is 4.79 Å². The predicted molar refractivity (Wildman–Crippen MR) is 55.9 cm³/mol. The maximum absolute atomic E-state index is 11.8. The fraction of sp³-hybridized carbons (Fsp3) is 0.900. The van der Waals surface area contributed by atoms with Gasteiger partial charge in [0.1, 0.15) is 0 Å². The van der Waals surface area contributed by atoms with Crippen molar-refractivity contribution >= 4 is 21.8 Å². The van der Waals surface area contributed by atoms with Crippen LogP contribution in [-0.4, -0.2) is 28.7 Å². The van der Waals surface area contributed by atoms with E-state index in [1.54, 1.807) is 0 Å². The summed E-state index contributed by atoms with van der Waals surface area (Å²) in [7, 11) is 0. The molecule has 2 nitrogen and oxygen atoms in total. The second-order valence-corrected chi connectivity index (χ2v) is 5.42. The van der Waals surface area contributed by atoms with Gasteiger partial charge in [0.2, 0.25) is 5.91 Å². The van der Waals surface area contributed by atoms with Crippen molar-refractivity contribution in [3.63, 3.8) is 0 Å². The van der Waals surface area contributed by atoms with E-state index in [0.29, 0.717) is 16.7 Å². The molecule has 0 spiro atoms. The third-order valence-corrected chi connectivity index (χ3v) is 4.11. The molecule has 0 N–H and O–H groups in total. The molecule has 1 aliphatic heterocycles. The molecule has 1 amide bonds. The van der Waals surface area contributed by atoms with Crippen LogP contribution in [0.1, 0.15) is 32.1 Å². The van der Waals surface area contributed by atoms with Crippen molar-refractivity contribution < 1.29 is 4.79 Å². The molecule has 0 radical (unpaired) electrons. The molecule has 1 heterocycles. The summed E-state index contributed by atoms with van der Waals surface area (Å²) in [6, 6.07) is 0. The minimum Gasteiger partial charge on any atom is -0.342 e. The Morgan fingerprint density at radius 2 is 1.77 bits per heavy atom. The topological polar surface area (TPSA) is 20.3 Å². The van der Waals surface area contributed by atoms with E-state index >= 15 is 0 Å². The highest BCUT2D eigenvalue weighted by molar-refractivity contribution is 9.09. The van der Waals surface area contributed by atoms with Crippen LogP contribution >= 0.6 is 15.9 Å². The lowest BCUT2D eigenvalue weighted by Crippen LogP contribution is -2.43. The van der Waals surface area contributed by atoms with Gasteiger partial charge in [-0.3, -0.25) is 4.79 Å². The number of hydrogen-bond donors (Lipinski definition) is 0. The van der Waals surface area contributed by atoms with E-state index < -0.39 is 0 Å². The maximum Gasteiger partial charge on any atom is 0.225 e. The van der Waals surface area contributed by atoms with E-state index in [0.717, 1.165) is 38.8 Å². The van der Waals surface area contributed by atoms with Gasteiger partial charge in [-0.1, -0.05) is 22.4 Å². The van der Waals surface area contributed by atoms with Crippen LogP contribution in [-0.2, 0) is 4.79 Å². The molecule has 0 unspecified atom stereocenters. The number of piperidine rings is 1. The first kappa shape index (κ1) is 9.50. The molecular formula is C10H16BrNO. The van der Waals surface area contributed by atoms with Gasteiger partial charge < -0.3 is 4.90 Å². The van der Waals surface area contributed by atoms with Crippen molar-refractivity contribution in [3.8, 4) is 0 Å². The second kappa shape index (κ2) is 3.99. The summed E-state index contributed by atoms with van der Waals surface area (Å²) in [6.45, 7) is 1.93.